The van der Waals surface area contributed by atoms with E-state index in [-0.39, 0.29) is 4.47 Å². The predicted octanol–water partition coefficient (Wildman–Crippen LogP) is 2.41. The second-order valence-corrected chi connectivity index (χ2v) is 3.98. The van der Waals surface area contributed by atoms with Gasteiger partial charge in [-0.15, -0.1) is 0 Å². The summed E-state index contributed by atoms with van der Waals surface area (Å²) in [5, 5.41) is 10.8. The number of esters is 1. The first kappa shape index (κ1) is 14.4. The quantitative estimate of drug-likeness (QED) is 0.482. The first-order chi connectivity index (χ1) is 8.38. The highest BCUT2D eigenvalue weighted by Gasteiger charge is 2.29. The molecule has 0 spiro atoms. The smallest absolute Gasteiger partial charge is 0.310 e. The molecule has 0 N–H and O–H groups in total. The topological polar surface area (TPSA) is 82.3 Å². The number of pyridine rings is 1. The van der Waals surface area contributed by atoms with E-state index in [1.807, 2.05) is 0 Å². The number of nitrogens with zero attached hydrogens (tertiary/aromatic N) is 2. The lowest BCUT2D eigenvalue weighted by Gasteiger charge is -2.08. The summed E-state index contributed by atoms with van der Waals surface area (Å²) in [6, 6.07) is 0. The van der Waals surface area contributed by atoms with Crippen molar-refractivity contribution >= 4 is 27.6 Å². The summed E-state index contributed by atoms with van der Waals surface area (Å²) < 4.78 is 29.6. The van der Waals surface area contributed by atoms with Crippen LogP contribution in [-0.4, -0.2) is 23.0 Å². The normalized spacial score (nSPS) is 10.5. The van der Waals surface area contributed by atoms with E-state index in [2.05, 4.69) is 25.7 Å². The fourth-order valence-electron chi connectivity index (χ4n) is 1.31. The Kier molecular flexibility index (Phi) is 4.65. The van der Waals surface area contributed by atoms with Gasteiger partial charge in [0.05, 0.1) is 24.0 Å². The molecular weight excluding hydrogens is 318 g/mol. The minimum atomic E-state index is -3.02. The SMILES string of the molecule is COC(=O)Cc1c(C(F)F)ncc(Br)c1[N+](=O)[O-]. The molecule has 98 valence electrons. The van der Waals surface area contributed by atoms with Gasteiger partial charge in [-0.1, -0.05) is 0 Å². The number of halogens is 3. The Morgan fingerprint density at radius 2 is 2.28 bits per heavy atom. The molecule has 18 heavy (non-hydrogen) atoms. The van der Waals surface area contributed by atoms with Crippen molar-refractivity contribution in [1.82, 2.24) is 4.98 Å². The van der Waals surface area contributed by atoms with Crippen LogP contribution < -0.4 is 0 Å². The third kappa shape index (κ3) is 2.97. The molecule has 9 heteroatoms. The van der Waals surface area contributed by atoms with Crippen LogP contribution in [0.2, 0.25) is 0 Å². The number of carbonyl (C=O) groups excluding carboxylic acids is 1. The molecule has 6 nitrogen and oxygen atoms in total. The number of hydrogen-bond donors (Lipinski definition) is 0. The number of nitro groups is 1. The first-order valence-electron chi connectivity index (χ1n) is 4.55. The molecule has 1 aromatic rings. The highest BCUT2D eigenvalue weighted by atomic mass is 79.9. The van der Waals surface area contributed by atoms with E-state index in [0.717, 1.165) is 13.3 Å². The first-order valence-corrected chi connectivity index (χ1v) is 5.34. The zero-order valence-corrected chi connectivity index (χ0v) is 10.6. The predicted molar refractivity (Wildman–Crippen MR) is 59.3 cm³/mol. The number of hydrogen-bond acceptors (Lipinski definition) is 5. The lowest BCUT2D eigenvalue weighted by Crippen LogP contribution is -2.11. The van der Waals surface area contributed by atoms with E-state index in [1.165, 1.54) is 0 Å². The zero-order chi connectivity index (χ0) is 13.9. The Bertz CT molecular complexity index is 496. The summed E-state index contributed by atoms with van der Waals surface area (Å²) in [4.78, 5) is 24.5. The molecule has 0 aliphatic heterocycles. The number of aromatic nitrogens is 1. The van der Waals surface area contributed by atoms with Crippen LogP contribution in [0.15, 0.2) is 10.7 Å². The highest BCUT2D eigenvalue weighted by molar-refractivity contribution is 9.10. The standard InChI is InChI=1S/C9H7BrF2N2O4/c1-18-6(15)2-4-7(9(11)12)13-3-5(10)8(4)14(16)17/h3,9H,2H2,1H3. The van der Waals surface area contributed by atoms with Gasteiger partial charge in [0, 0.05) is 6.20 Å². The molecular formula is C9H7BrF2N2O4. The third-order valence-electron chi connectivity index (χ3n) is 2.08. The second kappa shape index (κ2) is 5.80. The van der Waals surface area contributed by atoms with Crippen molar-refractivity contribution < 1.29 is 23.2 Å². The van der Waals surface area contributed by atoms with Gasteiger partial charge in [0.1, 0.15) is 10.2 Å². The van der Waals surface area contributed by atoms with Crippen LogP contribution in [0.5, 0.6) is 0 Å². The van der Waals surface area contributed by atoms with Crippen LogP contribution in [0.4, 0.5) is 14.5 Å². The van der Waals surface area contributed by atoms with E-state index < -0.39 is 40.7 Å². The van der Waals surface area contributed by atoms with Gasteiger partial charge in [-0.05, 0) is 15.9 Å². The average Bonchev–Trinajstić information content (AvgIpc) is 2.27. The summed E-state index contributed by atoms with van der Waals surface area (Å²) >= 11 is 2.84. The number of carbonyl (C=O) groups is 1. The Morgan fingerprint density at radius 1 is 1.67 bits per heavy atom. The van der Waals surface area contributed by atoms with Crippen LogP contribution in [-0.2, 0) is 16.0 Å². The molecule has 0 aromatic carbocycles. The van der Waals surface area contributed by atoms with Crippen molar-refractivity contribution in [3.8, 4) is 0 Å². The fourth-order valence-corrected chi connectivity index (χ4v) is 1.79. The van der Waals surface area contributed by atoms with Gasteiger partial charge in [-0.3, -0.25) is 19.9 Å². The van der Waals surface area contributed by atoms with E-state index in [9.17, 15) is 23.7 Å². The van der Waals surface area contributed by atoms with Crippen molar-refractivity contribution in [1.29, 1.82) is 0 Å². The number of methoxy groups -OCH3 is 1. The largest absolute Gasteiger partial charge is 0.469 e. The summed E-state index contributed by atoms with van der Waals surface area (Å²) in [5.74, 6) is -0.861. The maximum atomic E-state index is 12.7. The van der Waals surface area contributed by atoms with Gasteiger partial charge in [-0.25, -0.2) is 8.78 Å². The minimum Gasteiger partial charge on any atom is -0.469 e. The summed E-state index contributed by atoms with van der Waals surface area (Å²) in [6.45, 7) is 0. The summed E-state index contributed by atoms with van der Waals surface area (Å²) in [6.07, 6.45) is -2.75. The van der Waals surface area contributed by atoms with Gasteiger partial charge >= 0.3 is 5.97 Å². The Labute approximate surface area is 108 Å². The molecule has 0 saturated carbocycles. The van der Waals surface area contributed by atoms with Crippen molar-refractivity contribution in [3.05, 3.63) is 32.0 Å². The Balaban J connectivity index is 3.43. The van der Waals surface area contributed by atoms with E-state index in [4.69, 9.17) is 0 Å². The molecule has 1 heterocycles. The second-order valence-electron chi connectivity index (χ2n) is 3.13. The average molecular weight is 325 g/mol. The van der Waals surface area contributed by atoms with Gasteiger partial charge in [0.2, 0.25) is 0 Å². The fraction of sp³-hybridized carbons (Fsp3) is 0.333. The van der Waals surface area contributed by atoms with Crippen molar-refractivity contribution in [2.45, 2.75) is 12.8 Å². The molecule has 0 amide bonds. The minimum absolute atomic E-state index is 0.0733. The maximum Gasteiger partial charge on any atom is 0.310 e. The number of rotatable bonds is 4. The molecule has 1 rings (SSSR count). The highest BCUT2D eigenvalue weighted by Crippen LogP contribution is 2.34. The van der Waals surface area contributed by atoms with Crippen LogP contribution in [0.25, 0.3) is 0 Å². The lowest BCUT2D eigenvalue weighted by atomic mass is 10.1. The molecule has 0 radical (unpaired) electrons. The van der Waals surface area contributed by atoms with Gasteiger partial charge < -0.3 is 4.74 Å². The molecule has 0 unspecified atom stereocenters. The van der Waals surface area contributed by atoms with E-state index in [0.29, 0.717) is 0 Å². The van der Waals surface area contributed by atoms with Crippen molar-refractivity contribution in [2.75, 3.05) is 7.11 Å². The Morgan fingerprint density at radius 3 is 2.72 bits per heavy atom. The van der Waals surface area contributed by atoms with Crippen LogP contribution in [0.3, 0.4) is 0 Å². The molecule has 0 bridgehead atoms. The number of ether oxygens (including phenoxy) is 1. The van der Waals surface area contributed by atoms with Crippen LogP contribution in [0.1, 0.15) is 17.7 Å². The zero-order valence-electron chi connectivity index (χ0n) is 9.02. The number of alkyl halides is 2. The van der Waals surface area contributed by atoms with Gasteiger partial charge in [0.15, 0.2) is 0 Å². The van der Waals surface area contributed by atoms with Crippen molar-refractivity contribution in [3.63, 3.8) is 0 Å². The van der Waals surface area contributed by atoms with Gasteiger partial charge in [0.25, 0.3) is 12.1 Å². The molecule has 0 saturated heterocycles. The molecule has 0 fully saturated rings. The van der Waals surface area contributed by atoms with Crippen LogP contribution in [0, 0.1) is 10.1 Å². The van der Waals surface area contributed by atoms with Crippen molar-refractivity contribution in [2.24, 2.45) is 0 Å². The third-order valence-corrected chi connectivity index (χ3v) is 2.66. The van der Waals surface area contributed by atoms with E-state index >= 15 is 0 Å². The molecule has 0 atom stereocenters. The van der Waals surface area contributed by atoms with Gasteiger partial charge in [-0.2, -0.15) is 0 Å². The monoisotopic (exact) mass is 324 g/mol. The van der Waals surface area contributed by atoms with E-state index in [1.54, 1.807) is 0 Å². The molecule has 0 aliphatic carbocycles. The lowest BCUT2D eigenvalue weighted by molar-refractivity contribution is -0.386. The Hall–Kier alpha value is -1.64. The molecule has 1 aromatic heterocycles. The van der Waals surface area contributed by atoms with Crippen LogP contribution >= 0.6 is 15.9 Å². The molecule has 0 aliphatic rings. The maximum absolute atomic E-state index is 12.7. The summed E-state index contributed by atoms with van der Waals surface area (Å²) in [7, 11) is 1.06. The summed E-state index contributed by atoms with van der Waals surface area (Å²) in [5.41, 5.74) is -1.85.